The molecule has 5 heteroatoms. The van der Waals surface area contributed by atoms with Crippen molar-refractivity contribution in [2.45, 2.75) is 52.5 Å². The number of nitrogens with zero attached hydrogens (tertiary/aromatic N) is 1. The molecule has 0 aliphatic rings. The van der Waals surface area contributed by atoms with Gasteiger partial charge in [0.25, 0.3) is 0 Å². The van der Waals surface area contributed by atoms with Crippen LogP contribution in [0.4, 0.5) is 5.69 Å². The van der Waals surface area contributed by atoms with Crippen molar-refractivity contribution in [2.75, 3.05) is 25.0 Å². The van der Waals surface area contributed by atoms with Crippen molar-refractivity contribution >= 4 is 17.5 Å². The molecular weight excluding hydrogens is 374 g/mol. The Morgan fingerprint density at radius 2 is 1.50 bits per heavy atom. The fourth-order valence-corrected chi connectivity index (χ4v) is 3.54. The molecule has 5 nitrogen and oxygen atoms in total. The van der Waals surface area contributed by atoms with E-state index in [2.05, 4.69) is 41.5 Å². The molecule has 2 N–H and O–H groups in total. The molecule has 2 aromatic carbocycles. The molecule has 0 aromatic heterocycles. The molecule has 0 saturated heterocycles. The third kappa shape index (κ3) is 8.78. The Labute approximate surface area is 180 Å². The molecule has 0 heterocycles. The maximum atomic E-state index is 12.3. The van der Waals surface area contributed by atoms with Gasteiger partial charge in [-0.25, -0.2) is 0 Å². The summed E-state index contributed by atoms with van der Waals surface area (Å²) in [6.45, 7) is 8.53. The van der Waals surface area contributed by atoms with Crippen LogP contribution in [-0.4, -0.2) is 42.4 Å². The Kier molecular flexibility index (Phi) is 10.1. The molecular formula is C25H35N3O2. The number of carbonyl (C=O) groups is 2. The van der Waals surface area contributed by atoms with Gasteiger partial charge in [0.15, 0.2) is 0 Å². The van der Waals surface area contributed by atoms with Crippen LogP contribution in [0.2, 0.25) is 0 Å². The number of hydrogen-bond donors (Lipinski definition) is 2. The van der Waals surface area contributed by atoms with Gasteiger partial charge in [-0.1, -0.05) is 56.3 Å². The van der Waals surface area contributed by atoms with E-state index < -0.39 is 0 Å². The highest BCUT2D eigenvalue weighted by Crippen LogP contribution is 2.11. The second-order valence-electron chi connectivity index (χ2n) is 7.86. The molecule has 0 bridgehead atoms. The van der Waals surface area contributed by atoms with Crippen LogP contribution in [0.5, 0.6) is 0 Å². The lowest BCUT2D eigenvalue weighted by Crippen LogP contribution is -2.35. The molecule has 0 fully saturated rings. The lowest BCUT2D eigenvalue weighted by molar-refractivity contribution is -0.121. The fourth-order valence-electron chi connectivity index (χ4n) is 3.54. The van der Waals surface area contributed by atoms with E-state index in [-0.39, 0.29) is 17.9 Å². The molecule has 0 saturated carbocycles. The van der Waals surface area contributed by atoms with Gasteiger partial charge in [0.2, 0.25) is 11.8 Å². The zero-order valence-electron chi connectivity index (χ0n) is 18.5. The van der Waals surface area contributed by atoms with E-state index in [1.54, 1.807) is 0 Å². The van der Waals surface area contributed by atoms with Gasteiger partial charge in [-0.05, 0) is 62.5 Å². The van der Waals surface area contributed by atoms with Crippen LogP contribution < -0.4 is 10.6 Å². The smallest absolute Gasteiger partial charge is 0.238 e. The van der Waals surface area contributed by atoms with Crippen LogP contribution in [0.1, 0.15) is 44.7 Å². The van der Waals surface area contributed by atoms with Crippen LogP contribution in [0, 0.1) is 0 Å². The highest BCUT2D eigenvalue weighted by Gasteiger charge is 2.11. The normalized spacial score (nSPS) is 11.9. The van der Waals surface area contributed by atoms with Crippen molar-refractivity contribution in [2.24, 2.45) is 0 Å². The number of nitrogens with one attached hydrogen (secondary N) is 2. The number of amides is 2. The van der Waals surface area contributed by atoms with E-state index in [0.29, 0.717) is 13.0 Å². The summed E-state index contributed by atoms with van der Waals surface area (Å²) in [5.41, 5.74) is 2.90. The number of hydrogen-bond acceptors (Lipinski definition) is 3. The summed E-state index contributed by atoms with van der Waals surface area (Å²) in [7, 11) is 0. The van der Waals surface area contributed by atoms with Crippen LogP contribution in [0.3, 0.4) is 0 Å². The van der Waals surface area contributed by atoms with E-state index in [0.717, 1.165) is 43.6 Å². The van der Waals surface area contributed by atoms with E-state index in [1.807, 2.05) is 49.4 Å². The minimum atomic E-state index is -0.00266. The predicted molar refractivity (Wildman–Crippen MR) is 124 cm³/mol. The Morgan fingerprint density at radius 1 is 0.867 bits per heavy atom. The Bertz CT molecular complexity index is 769. The number of rotatable bonds is 12. The van der Waals surface area contributed by atoms with Gasteiger partial charge in [0.1, 0.15) is 0 Å². The van der Waals surface area contributed by atoms with Crippen LogP contribution in [-0.2, 0) is 22.4 Å². The zero-order valence-corrected chi connectivity index (χ0v) is 18.5. The standard InChI is InChI=1S/C25H35N3O2/c1-4-15-28(16-5-2)19-25(30)27-23-13-11-22(12-14-23)18-24(29)26-20(3)17-21-9-7-6-8-10-21/h6-14,20H,4-5,15-19H2,1-3H3,(H,26,29)(H,27,30)/t20-/m1/s1. The third-order valence-corrected chi connectivity index (χ3v) is 4.84. The van der Waals surface area contributed by atoms with Gasteiger partial charge >= 0.3 is 0 Å². The number of carbonyl (C=O) groups excluding carboxylic acids is 2. The molecule has 0 aliphatic carbocycles. The molecule has 2 amide bonds. The lowest BCUT2D eigenvalue weighted by Gasteiger charge is -2.20. The maximum Gasteiger partial charge on any atom is 0.238 e. The van der Waals surface area contributed by atoms with Gasteiger partial charge in [0, 0.05) is 11.7 Å². The van der Waals surface area contributed by atoms with Crippen molar-refractivity contribution < 1.29 is 9.59 Å². The monoisotopic (exact) mass is 409 g/mol. The lowest BCUT2D eigenvalue weighted by atomic mass is 10.1. The molecule has 0 radical (unpaired) electrons. The first kappa shape index (κ1) is 23.6. The summed E-state index contributed by atoms with van der Waals surface area (Å²) < 4.78 is 0. The summed E-state index contributed by atoms with van der Waals surface area (Å²) in [5, 5.41) is 6.00. The van der Waals surface area contributed by atoms with Gasteiger partial charge in [0.05, 0.1) is 13.0 Å². The SMILES string of the molecule is CCCN(CCC)CC(=O)Nc1ccc(CC(=O)N[C@H](C)Cc2ccccc2)cc1. The van der Waals surface area contributed by atoms with E-state index in [1.165, 1.54) is 5.56 Å². The summed E-state index contributed by atoms with van der Waals surface area (Å²) in [5.74, 6) is 0.00196. The zero-order chi connectivity index (χ0) is 21.8. The predicted octanol–water partition coefficient (Wildman–Crippen LogP) is 4.04. The minimum Gasteiger partial charge on any atom is -0.353 e. The largest absolute Gasteiger partial charge is 0.353 e. The molecule has 30 heavy (non-hydrogen) atoms. The molecule has 0 aliphatic heterocycles. The van der Waals surface area contributed by atoms with Crippen LogP contribution in [0.15, 0.2) is 54.6 Å². The van der Waals surface area contributed by atoms with Crippen molar-refractivity contribution in [3.05, 3.63) is 65.7 Å². The minimum absolute atomic E-state index is 0.00266. The average molecular weight is 410 g/mol. The molecule has 2 aromatic rings. The molecule has 0 unspecified atom stereocenters. The highest BCUT2D eigenvalue weighted by molar-refractivity contribution is 5.92. The maximum absolute atomic E-state index is 12.3. The summed E-state index contributed by atoms with van der Waals surface area (Å²) in [6.07, 6.45) is 3.21. The van der Waals surface area contributed by atoms with E-state index >= 15 is 0 Å². The third-order valence-electron chi connectivity index (χ3n) is 4.84. The first-order valence-electron chi connectivity index (χ1n) is 10.9. The van der Waals surface area contributed by atoms with Crippen molar-refractivity contribution in [1.29, 1.82) is 0 Å². The Morgan fingerprint density at radius 3 is 2.10 bits per heavy atom. The van der Waals surface area contributed by atoms with Gasteiger partial charge in [-0.3, -0.25) is 14.5 Å². The summed E-state index contributed by atoms with van der Waals surface area (Å²) >= 11 is 0. The van der Waals surface area contributed by atoms with Crippen LogP contribution in [0.25, 0.3) is 0 Å². The quantitative estimate of drug-likeness (QED) is 0.556. The molecule has 2 rings (SSSR count). The van der Waals surface area contributed by atoms with Gasteiger partial charge < -0.3 is 10.6 Å². The molecule has 0 spiro atoms. The van der Waals surface area contributed by atoms with Gasteiger partial charge in [-0.2, -0.15) is 0 Å². The molecule has 162 valence electrons. The fraction of sp³-hybridized carbons (Fsp3) is 0.440. The Hall–Kier alpha value is -2.66. The number of benzene rings is 2. The number of anilines is 1. The topological polar surface area (TPSA) is 61.4 Å². The average Bonchev–Trinajstić information content (AvgIpc) is 2.70. The molecule has 1 atom stereocenters. The Balaban J connectivity index is 1.79. The van der Waals surface area contributed by atoms with Crippen molar-refractivity contribution in [3.8, 4) is 0 Å². The van der Waals surface area contributed by atoms with E-state index in [9.17, 15) is 9.59 Å². The van der Waals surface area contributed by atoms with Crippen molar-refractivity contribution in [3.63, 3.8) is 0 Å². The van der Waals surface area contributed by atoms with Crippen molar-refractivity contribution in [1.82, 2.24) is 10.2 Å². The second kappa shape index (κ2) is 12.8. The van der Waals surface area contributed by atoms with Gasteiger partial charge in [-0.15, -0.1) is 0 Å². The van der Waals surface area contributed by atoms with E-state index in [4.69, 9.17) is 0 Å². The first-order chi connectivity index (χ1) is 14.5. The summed E-state index contributed by atoms with van der Waals surface area (Å²) in [6, 6.07) is 17.7. The summed E-state index contributed by atoms with van der Waals surface area (Å²) in [4.78, 5) is 26.8. The highest BCUT2D eigenvalue weighted by atomic mass is 16.2. The van der Waals surface area contributed by atoms with Crippen LogP contribution >= 0.6 is 0 Å². The second-order valence-corrected chi connectivity index (χ2v) is 7.86. The first-order valence-corrected chi connectivity index (χ1v) is 10.9.